The van der Waals surface area contributed by atoms with Crippen LogP contribution in [-0.2, 0) is 9.59 Å². The number of aliphatic carboxylic acids is 2. The minimum Gasteiger partial charge on any atom is -0.481 e. The first-order valence-corrected chi connectivity index (χ1v) is 6.68. The van der Waals surface area contributed by atoms with E-state index in [4.69, 9.17) is 0 Å². The van der Waals surface area contributed by atoms with E-state index in [1.165, 1.54) is 0 Å². The maximum atomic E-state index is 11.3. The van der Waals surface area contributed by atoms with Crippen molar-refractivity contribution in [2.24, 2.45) is 10.8 Å². The van der Waals surface area contributed by atoms with Gasteiger partial charge < -0.3 is 10.2 Å². The van der Waals surface area contributed by atoms with Crippen molar-refractivity contribution in [2.45, 2.75) is 66.2 Å². The highest BCUT2D eigenvalue weighted by Crippen LogP contribution is 2.37. The van der Waals surface area contributed by atoms with Gasteiger partial charge in [-0.05, 0) is 39.5 Å². The predicted octanol–water partition coefficient (Wildman–Crippen LogP) is 3.55. The minimum absolute atomic E-state index is 0.416. The first-order chi connectivity index (χ1) is 8.22. The highest BCUT2D eigenvalue weighted by molar-refractivity contribution is 5.75. The molecule has 0 aliphatic carbocycles. The summed E-state index contributed by atoms with van der Waals surface area (Å²) < 4.78 is 0. The molecule has 0 aromatic carbocycles. The van der Waals surface area contributed by atoms with E-state index in [2.05, 4.69) is 0 Å². The van der Waals surface area contributed by atoms with E-state index in [-0.39, 0.29) is 0 Å². The van der Waals surface area contributed by atoms with Crippen LogP contribution in [-0.4, -0.2) is 22.2 Å². The molecule has 0 aliphatic rings. The molecular formula is C14H26O4. The monoisotopic (exact) mass is 258 g/mol. The van der Waals surface area contributed by atoms with Crippen LogP contribution >= 0.6 is 0 Å². The van der Waals surface area contributed by atoms with E-state index in [9.17, 15) is 19.8 Å². The van der Waals surface area contributed by atoms with Gasteiger partial charge in [-0.3, -0.25) is 9.59 Å². The predicted molar refractivity (Wildman–Crippen MR) is 70.5 cm³/mol. The molecule has 18 heavy (non-hydrogen) atoms. The molecule has 106 valence electrons. The number of carbonyl (C=O) groups is 2. The Balaban J connectivity index is 4.77. The first-order valence-electron chi connectivity index (χ1n) is 6.68. The van der Waals surface area contributed by atoms with Gasteiger partial charge in [-0.1, -0.05) is 26.7 Å². The summed E-state index contributed by atoms with van der Waals surface area (Å²) in [7, 11) is 0. The standard InChI is InChI=1S/C14H26O4/c1-5-7-13(3,11(15)16)9-10-14(4,8-6-2)12(17)18/h5-10H2,1-4H3,(H,15,16)(H,17,18). The molecule has 4 nitrogen and oxygen atoms in total. The number of carboxylic acid groups (broad SMARTS) is 2. The highest BCUT2D eigenvalue weighted by Gasteiger charge is 2.38. The number of carboxylic acids is 2. The van der Waals surface area contributed by atoms with Crippen LogP contribution in [0.25, 0.3) is 0 Å². The molecule has 2 N–H and O–H groups in total. The third-order valence-electron chi connectivity index (χ3n) is 3.86. The fourth-order valence-corrected chi connectivity index (χ4v) is 2.33. The maximum absolute atomic E-state index is 11.3. The van der Waals surface area contributed by atoms with Crippen molar-refractivity contribution in [3.8, 4) is 0 Å². The molecule has 0 aromatic heterocycles. The molecule has 0 amide bonds. The van der Waals surface area contributed by atoms with E-state index in [1.54, 1.807) is 13.8 Å². The van der Waals surface area contributed by atoms with Crippen molar-refractivity contribution in [3.63, 3.8) is 0 Å². The second-order valence-electron chi connectivity index (χ2n) is 5.73. The molecule has 0 aliphatic heterocycles. The molecule has 2 atom stereocenters. The van der Waals surface area contributed by atoms with E-state index in [0.717, 1.165) is 12.8 Å². The summed E-state index contributed by atoms with van der Waals surface area (Å²) in [5.41, 5.74) is -1.61. The Morgan fingerprint density at radius 1 is 0.778 bits per heavy atom. The largest absolute Gasteiger partial charge is 0.481 e. The van der Waals surface area contributed by atoms with Gasteiger partial charge in [0, 0.05) is 0 Å². The number of hydrogen-bond donors (Lipinski definition) is 2. The highest BCUT2D eigenvalue weighted by atomic mass is 16.4. The van der Waals surface area contributed by atoms with Crippen molar-refractivity contribution in [2.75, 3.05) is 0 Å². The van der Waals surface area contributed by atoms with Gasteiger partial charge in [-0.15, -0.1) is 0 Å². The summed E-state index contributed by atoms with van der Waals surface area (Å²) in [5, 5.41) is 18.6. The van der Waals surface area contributed by atoms with Crippen molar-refractivity contribution in [3.05, 3.63) is 0 Å². The summed E-state index contributed by atoms with van der Waals surface area (Å²) in [4.78, 5) is 22.6. The van der Waals surface area contributed by atoms with Crippen LogP contribution in [0.15, 0.2) is 0 Å². The van der Waals surface area contributed by atoms with Gasteiger partial charge in [0.1, 0.15) is 0 Å². The molecule has 4 heteroatoms. The molecule has 0 saturated carbocycles. The van der Waals surface area contributed by atoms with Gasteiger partial charge in [-0.2, -0.15) is 0 Å². The fourth-order valence-electron chi connectivity index (χ4n) is 2.33. The Hall–Kier alpha value is -1.06. The third kappa shape index (κ3) is 4.31. The summed E-state index contributed by atoms with van der Waals surface area (Å²) in [6.07, 6.45) is 3.59. The Morgan fingerprint density at radius 2 is 1.06 bits per heavy atom. The van der Waals surface area contributed by atoms with Crippen molar-refractivity contribution < 1.29 is 19.8 Å². The lowest BCUT2D eigenvalue weighted by Gasteiger charge is -2.30. The quantitative estimate of drug-likeness (QED) is 0.663. The van der Waals surface area contributed by atoms with Crippen LogP contribution in [0.3, 0.4) is 0 Å². The van der Waals surface area contributed by atoms with Gasteiger partial charge in [-0.25, -0.2) is 0 Å². The first kappa shape index (κ1) is 16.9. The fraction of sp³-hybridized carbons (Fsp3) is 0.857. The Morgan fingerprint density at radius 3 is 1.22 bits per heavy atom. The lowest BCUT2D eigenvalue weighted by molar-refractivity contribution is -0.153. The van der Waals surface area contributed by atoms with E-state index >= 15 is 0 Å². The average molecular weight is 258 g/mol. The van der Waals surface area contributed by atoms with Crippen LogP contribution in [0.2, 0.25) is 0 Å². The number of rotatable bonds is 9. The third-order valence-corrected chi connectivity index (χ3v) is 3.86. The summed E-state index contributed by atoms with van der Waals surface area (Å²) >= 11 is 0. The molecule has 2 unspecified atom stereocenters. The number of hydrogen-bond acceptors (Lipinski definition) is 2. The van der Waals surface area contributed by atoms with Crippen molar-refractivity contribution in [1.29, 1.82) is 0 Å². The Labute approximate surface area is 109 Å². The zero-order valence-corrected chi connectivity index (χ0v) is 12.0. The van der Waals surface area contributed by atoms with Crippen LogP contribution in [0.1, 0.15) is 66.2 Å². The molecule has 0 heterocycles. The molecule has 0 spiro atoms. The van der Waals surface area contributed by atoms with Crippen LogP contribution in [0.4, 0.5) is 0 Å². The average Bonchev–Trinajstić information content (AvgIpc) is 2.27. The van der Waals surface area contributed by atoms with Crippen LogP contribution in [0.5, 0.6) is 0 Å². The van der Waals surface area contributed by atoms with Crippen LogP contribution in [0, 0.1) is 10.8 Å². The molecule has 0 bridgehead atoms. The molecule has 0 radical (unpaired) electrons. The van der Waals surface area contributed by atoms with E-state index in [0.29, 0.717) is 25.7 Å². The molecule has 0 aromatic rings. The smallest absolute Gasteiger partial charge is 0.309 e. The van der Waals surface area contributed by atoms with Gasteiger partial charge in [0.15, 0.2) is 0 Å². The summed E-state index contributed by atoms with van der Waals surface area (Å²) in [5.74, 6) is -1.65. The lowest BCUT2D eigenvalue weighted by Crippen LogP contribution is -2.33. The van der Waals surface area contributed by atoms with Crippen LogP contribution < -0.4 is 0 Å². The Kier molecular flexibility index (Phi) is 6.36. The Bertz CT molecular complexity index is 270. The van der Waals surface area contributed by atoms with E-state index < -0.39 is 22.8 Å². The van der Waals surface area contributed by atoms with Gasteiger partial charge in [0.2, 0.25) is 0 Å². The molecule has 0 fully saturated rings. The lowest BCUT2D eigenvalue weighted by atomic mass is 9.73. The normalized spacial score (nSPS) is 17.8. The maximum Gasteiger partial charge on any atom is 0.309 e. The van der Waals surface area contributed by atoms with Gasteiger partial charge in [0.05, 0.1) is 10.8 Å². The summed E-state index contributed by atoms with van der Waals surface area (Å²) in [6, 6.07) is 0. The minimum atomic E-state index is -0.825. The SMILES string of the molecule is CCCC(C)(CCC(C)(CCC)C(=O)O)C(=O)O. The molecule has 0 rings (SSSR count). The van der Waals surface area contributed by atoms with Gasteiger partial charge in [0.25, 0.3) is 0 Å². The topological polar surface area (TPSA) is 74.6 Å². The van der Waals surface area contributed by atoms with Gasteiger partial charge >= 0.3 is 11.9 Å². The summed E-state index contributed by atoms with van der Waals surface area (Å²) in [6.45, 7) is 7.33. The van der Waals surface area contributed by atoms with Crippen molar-refractivity contribution >= 4 is 11.9 Å². The van der Waals surface area contributed by atoms with E-state index in [1.807, 2.05) is 13.8 Å². The van der Waals surface area contributed by atoms with Crippen molar-refractivity contribution in [1.82, 2.24) is 0 Å². The zero-order chi connectivity index (χ0) is 14.4. The second kappa shape index (κ2) is 6.76. The zero-order valence-electron chi connectivity index (χ0n) is 12.0. The molecular weight excluding hydrogens is 232 g/mol. The second-order valence-corrected chi connectivity index (χ2v) is 5.73. The molecule has 0 saturated heterocycles.